The van der Waals surface area contributed by atoms with Crippen LogP contribution in [-0.2, 0) is 5.41 Å². The molecule has 0 amide bonds. The first-order valence-corrected chi connectivity index (χ1v) is 5.29. The first kappa shape index (κ1) is 11.6. The van der Waals surface area contributed by atoms with Gasteiger partial charge in [0, 0.05) is 17.8 Å². The second kappa shape index (κ2) is 4.16. The fourth-order valence-corrected chi connectivity index (χ4v) is 1.42. The van der Waals surface area contributed by atoms with Crippen molar-refractivity contribution in [1.82, 2.24) is 19.9 Å². The van der Waals surface area contributed by atoms with Crippen LogP contribution in [0.15, 0.2) is 24.7 Å². The molecule has 88 valence electrons. The quantitative estimate of drug-likeness (QED) is 0.757. The molecule has 0 aromatic carbocycles. The summed E-state index contributed by atoms with van der Waals surface area (Å²) in [4.78, 5) is 16.2. The largest absolute Gasteiger partial charge is 0.234 e. The SMILES string of the molecule is CC(C)(C)c1nc(-c2ncccn2)ncc1F. The van der Waals surface area contributed by atoms with Crippen LogP contribution in [0.2, 0.25) is 0 Å². The van der Waals surface area contributed by atoms with Gasteiger partial charge in [0.25, 0.3) is 0 Å². The third-order valence-electron chi connectivity index (χ3n) is 2.22. The molecular formula is C12H13FN4. The van der Waals surface area contributed by atoms with Gasteiger partial charge in [-0.05, 0) is 6.07 Å². The van der Waals surface area contributed by atoms with Crippen molar-refractivity contribution in [2.75, 3.05) is 0 Å². The molecule has 0 bridgehead atoms. The van der Waals surface area contributed by atoms with Crippen LogP contribution in [0, 0.1) is 5.82 Å². The van der Waals surface area contributed by atoms with Gasteiger partial charge in [-0.1, -0.05) is 20.8 Å². The van der Waals surface area contributed by atoms with Gasteiger partial charge < -0.3 is 0 Å². The van der Waals surface area contributed by atoms with Gasteiger partial charge in [-0.3, -0.25) is 0 Å². The summed E-state index contributed by atoms with van der Waals surface area (Å²) in [6.07, 6.45) is 4.37. The van der Waals surface area contributed by atoms with E-state index in [2.05, 4.69) is 19.9 Å². The number of rotatable bonds is 1. The van der Waals surface area contributed by atoms with Crippen LogP contribution in [0.4, 0.5) is 4.39 Å². The minimum Gasteiger partial charge on any atom is -0.234 e. The first-order chi connectivity index (χ1) is 7.98. The molecule has 0 aliphatic carbocycles. The lowest BCUT2D eigenvalue weighted by atomic mass is 9.91. The Kier molecular flexibility index (Phi) is 2.83. The Labute approximate surface area is 99.0 Å². The third kappa shape index (κ3) is 2.43. The van der Waals surface area contributed by atoms with Crippen molar-refractivity contribution in [3.63, 3.8) is 0 Å². The molecular weight excluding hydrogens is 219 g/mol. The van der Waals surface area contributed by atoms with Gasteiger partial charge in [0.15, 0.2) is 17.5 Å². The maximum absolute atomic E-state index is 13.6. The molecule has 0 radical (unpaired) electrons. The van der Waals surface area contributed by atoms with Crippen LogP contribution in [0.1, 0.15) is 26.5 Å². The molecule has 0 N–H and O–H groups in total. The topological polar surface area (TPSA) is 51.6 Å². The molecule has 2 aromatic rings. The molecule has 2 rings (SSSR count). The van der Waals surface area contributed by atoms with Crippen LogP contribution < -0.4 is 0 Å². The average molecular weight is 232 g/mol. The number of halogens is 1. The minimum atomic E-state index is -0.405. The van der Waals surface area contributed by atoms with Crippen LogP contribution in [0.25, 0.3) is 11.6 Å². The van der Waals surface area contributed by atoms with Gasteiger partial charge in [-0.25, -0.2) is 24.3 Å². The fourth-order valence-electron chi connectivity index (χ4n) is 1.42. The average Bonchev–Trinajstić information content (AvgIpc) is 2.29. The highest BCUT2D eigenvalue weighted by Crippen LogP contribution is 2.23. The summed E-state index contributed by atoms with van der Waals surface area (Å²) < 4.78 is 13.6. The van der Waals surface area contributed by atoms with Gasteiger partial charge in [0.05, 0.1) is 11.9 Å². The summed E-state index contributed by atoms with van der Waals surface area (Å²) in [5, 5.41) is 0. The predicted octanol–water partition coefficient (Wildman–Crippen LogP) is 2.37. The molecule has 5 heteroatoms. The van der Waals surface area contributed by atoms with Crippen molar-refractivity contribution in [3.05, 3.63) is 36.2 Å². The monoisotopic (exact) mass is 232 g/mol. The lowest BCUT2D eigenvalue weighted by Crippen LogP contribution is -2.17. The van der Waals surface area contributed by atoms with Gasteiger partial charge in [-0.15, -0.1) is 0 Å². The highest BCUT2D eigenvalue weighted by atomic mass is 19.1. The van der Waals surface area contributed by atoms with E-state index in [1.54, 1.807) is 18.5 Å². The smallest absolute Gasteiger partial charge is 0.198 e. The first-order valence-electron chi connectivity index (χ1n) is 5.29. The van der Waals surface area contributed by atoms with Gasteiger partial charge in [0.2, 0.25) is 0 Å². The number of hydrogen-bond acceptors (Lipinski definition) is 4. The van der Waals surface area contributed by atoms with Crippen molar-refractivity contribution in [1.29, 1.82) is 0 Å². The van der Waals surface area contributed by atoms with Crippen molar-refractivity contribution in [2.45, 2.75) is 26.2 Å². The van der Waals surface area contributed by atoms with E-state index in [-0.39, 0.29) is 5.41 Å². The Hall–Kier alpha value is -1.91. The predicted molar refractivity (Wildman–Crippen MR) is 61.7 cm³/mol. The van der Waals surface area contributed by atoms with Gasteiger partial charge in [0.1, 0.15) is 0 Å². The van der Waals surface area contributed by atoms with Crippen molar-refractivity contribution in [3.8, 4) is 11.6 Å². The number of hydrogen-bond donors (Lipinski definition) is 0. The highest BCUT2D eigenvalue weighted by molar-refractivity contribution is 5.42. The minimum absolute atomic E-state index is 0.344. The van der Waals surface area contributed by atoms with E-state index in [9.17, 15) is 4.39 Å². The molecule has 2 aromatic heterocycles. The summed E-state index contributed by atoms with van der Waals surface area (Å²) >= 11 is 0. The molecule has 17 heavy (non-hydrogen) atoms. The zero-order valence-corrected chi connectivity index (χ0v) is 9.98. The molecule has 4 nitrogen and oxygen atoms in total. The van der Waals surface area contributed by atoms with E-state index in [1.807, 2.05) is 20.8 Å². The molecule has 2 heterocycles. The normalized spacial score (nSPS) is 11.5. The fraction of sp³-hybridized carbons (Fsp3) is 0.333. The standard InChI is InChI=1S/C12H13FN4/c1-12(2,3)9-8(13)7-16-11(17-9)10-14-5-4-6-15-10/h4-7H,1-3H3. The van der Waals surface area contributed by atoms with Crippen LogP contribution in [-0.4, -0.2) is 19.9 Å². The Balaban J connectivity index is 2.53. The maximum Gasteiger partial charge on any atom is 0.198 e. The van der Waals surface area contributed by atoms with E-state index in [0.717, 1.165) is 0 Å². The molecule has 0 aliphatic heterocycles. The molecule has 0 unspecified atom stereocenters. The Bertz CT molecular complexity index is 520. The molecule has 0 aliphatic rings. The van der Waals surface area contributed by atoms with Crippen LogP contribution >= 0.6 is 0 Å². The second-order valence-corrected chi connectivity index (χ2v) is 4.71. The molecule has 0 fully saturated rings. The van der Waals surface area contributed by atoms with E-state index >= 15 is 0 Å². The summed E-state index contributed by atoms with van der Waals surface area (Å²) in [5.74, 6) is 0.340. The second-order valence-electron chi connectivity index (χ2n) is 4.71. The number of aromatic nitrogens is 4. The van der Waals surface area contributed by atoms with E-state index < -0.39 is 5.82 Å². The van der Waals surface area contributed by atoms with Crippen LogP contribution in [0.3, 0.4) is 0 Å². The molecule has 0 spiro atoms. The van der Waals surface area contributed by atoms with Gasteiger partial charge in [-0.2, -0.15) is 0 Å². The molecule has 0 atom stereocenters. The third-order valence-corrected chi connectivity index (χ3v) is 2.22. The Morgan fingerprint density at radius 1 is 1.00 bits per heavy atom. The zero-order valence-electron chi connectivity index (χ0n) is 9.98. The van der Waals surface area contributed by atoms with Crippen molar-refractivity contribution >= 4 is 0 Å². The summed E-state index contributed by atoms with van der Waals surface area (Å²) in [6, 6.07) is 1.71. The van der Waals surface area contributed by atoms with Crippen molar-refractivity contribution < 1.29 is 4.39 Å². The lowest BCUT2D eigenvalue weighted by molar-refractivity contribution is 0.498. The molecule has 0 saturated heterocycles. The lowest BCUT2D eigenvalue weighted by Gasteiger charge is -2.18. The summed E-state index contributed by atoms with van der Waals surface area (Å²) in [5.41, 5.74) is -0.00809. The Morgan fingerprint density at radius 2 is 1.65 bits per heavy atom. The Morgan fingerprint density at radius 3 is 2.24 bits per heavy atom. The highest BCUT2D eigenvalue weighted by Gasteiger charge is 2.22. The molecule has 0 saturated carbocycles. The van der Waals surface area contributed by atoms with Crippen molar-refractivity contribution in [2.24, 2.45) is 0 Å². The van der Waals surface area contributed by atoms with E-state index in [0.29, 0.717) is 17.3 Å². The summed E-state index contributed by atoms with van der Waals surface area (Å²) in [6.45, 7) is 5.69. The van der Waals surface area contributed by atoms with E-state index in [4.69, 9.17) is 0 Å². The van der Waals surface area contributed by atoms with E-state index in [1.165, 1.54) is 6.20 Å². The zero-order chi connectivity index (χ0) is 12.5. The number of nitrogens with zero attached hydrogens (tertiary/aromatic N) is 4. The maximum atomic E-state index is 13.6. The summed E-state index contributed by atoms with van der Waals surface area (Å²) in [7, 11) is 0. The van der Waals surface area contributed by atoms with Crippen LogP contribution in [0.5, 0.6) is 0 Å². The van der Waals surface area contributed by atoms with Gasteiger partial charge >= 0.3 is 0 Å².